The summed E-state index contributed by atoms with van der Waals surface area (Å²) in [4.78, 5) is 16.4. The van der Waals surface area contributed by atoms with E-state index in [1.807, 2.05) is 78.9 Å². The second kappa shape index (κ2) is 10.8. The highest BCUT2D eigenvalue weighted by Crippen LogP contribution is 2.20. The van der Waals surface area contributed by atoms with Crippen molar-refractivity contribution in [2.24, 2.45) is 0 Å². The van der Waals surface area contributed by atoms with Crippen LogP contribution < -0.4 is 19.5 Å². The number of hydrogen-bond donors (Lipinski definition) is 1. The Kier molecular flexibility index (Phi) is 7.16. The van der Waals surface area contributed by atoms with Crippen molar-refractivity contribution in [3.05, 3.63) is 96.7 Å². The van der Waals surface area contributed by atoms with Crippen molar-refractivity contribution in [1.82, 2.24) is 10.3 Å². The molecular weight excluding hydrogens is 404 g/mol. The summed E-state index contributed by atoms with van der Waals surface area (Å²) in [5, 5.41) is 5.04. The van der Waals surface area contributed by atoms with E-state index in [4.69, 9.17) is 14.2 Å². The predicted molar refractivity (Wildman–Crippen MR) is 123 cm³/mol. The molecule has 0 saturated carbocycles. The summed E-state index contributed by atoms with van der Waals surface area (Å²) in [7, 11) is 0. The maximum absolute atomic E-state index is 12.1. The quantitative estimate of drug-likeness (QED) is 0.380. The largest absolute Gasteiger partial charge is 0.490 e. The van der Waals surface area contributed by atoms with Gasteiger partial charge in [-0.1, -0.05) is 54.6 Å². The van der Waals surface area contributed by atoms with Gasteiger partial charge in [-0.05, 0) is 40.6 Å². The van der Waals surface area contributed by atoms with Crippen LogP contribution in [0.5, 0.6) is 17.4 Å². The van der Waals surface area contributed by atoms with Crippen LogP contribution in [-0.4, -0.2) is 30.7 Å². The Labute approximate surface area is 186 Å². The molecule has 32 heavy (non-hydrogen) atoms. The van der Waals surface area contributed by atoms with Crippen LogP contribution >= 0.6 is 0 Å². The molecule has 0 fully saturated rings. The summed E-state index contributed by atoms with van der Waals surface area (Å²) in [5.41, 5.74) is 0.872. The Morgan fingerprint density at radius 1 is 0.750 bits per heavy atom. The van der Waals surface area contributed by atoms with Crippen LogP contribution in [0.1, 0.15) is 5.56 Å². The topological polar surface area (TPSA) is 69.7 Å². The number of nitrogens with zero attached hydrogens (tertiary/aromatic N) is 1. The van der Waals surface area contributed by atoms with Crippen molar-refractivity contribution in [1.29, 1.82) is 0 Å². The third-order valence-corrected chi connectivity index (χ3v) is 4.72. The number of ether oxygens (including phenoxy) is 3. The van der Waals surface area contributed by atoms with Crippen LogP contribution in [0.15, 0.2) is 91.1 Å². The van der Waals surface area contributed by atoms with Gasteiger partial charge in [0.25, 0.3) is 5.91 Å². The molecule has 0 aliphatic rings. The molecule has 1 aromatic heterocycles. The minimum Gasteiger partial charge on any atom is -0.490 e. The molecule has 1 amide bonds. The molecule has 0 spiro atoms. The monoisotopic (exact) mass is 428 g/mol. The van der Waals surface area contributed by atoms with Gasteiger partial charge in [0.15, 0.2) is 6.61 Å². The Morgan fingerprint density at radius 3 is 2.34 bits per heavy atom. The highest BCUT2D eigenvalue weighted by molar-refractivity contribution is 5.84. The maximum Gasteiger partial charge on any atom is 0.258 e. The third kappa shape index (κ3) is 6.22. The third-order valence-electron chi connectivity index (χ3n) is 4.72. The zero-order valence-corrected chi connectivity index (χ0v) is 17.6. The number of aromatic nitrogens is 1. The molecule has 1 heterocycles. The van der Waals surface area contributed by atoms with Crippen molar-refractivity contribution in [2.75, 3.05) is 19.8 Å². The fourth-order valence-corrected chi connectivity index (χ4v) is 3.08. The van der Waals surface area contributed by atoms with Crippen molar-refractivity contribution in [2.45, 2.75) is 6.54 Å². The molecule has 162 valence electrons. The van der Waals surface area contributed by atoms with Crippen LogP contribution in [0.2, 0.25) is 0 Å². The Balaban J connectivity index is 1.16. The number of nitrogens with one attached hydrogen (secondary N) is 1. The molecule has 4 rings (SSSR count). The van der Waals surface area contributed by atoms with Gasteiger partial charge in [-0.15, -0.1) is 0 Å². The van der Waals surface area contributed by atoms with E-state index in [2.05, 4.69) is 10.3 Å². The number of carbonyl (C=O) groups excluding carboxylic acids is 1. The van der Waals surface area contributed by atoms with Gasteiger partial charge in [-0.25, -0.2) is 4.98 Å². The number of para-hydroxylation sites is 1. The van der Waals surface area contributed by atoms with Crippen LogP contribution in [0.25, 0.3) is 10.8 Å². The fourth-order valence-electron chi connectivity index (χ4n) is 3.08. The number of pyridine rings is 1. The molecule has 0 aliphatic heterocycles. The lowest BCUT2D eigenvalue weighted by Crippen LogP contribution is -2.28. The summed E-state index contributed by atoms with van der Waals surface area (Å²) >= 11 is 0. The average molecular weight is 428 g/mol. The molecule has 0 atom stereocenters. The fraction of sp³-hybridized carbons (Fsp3) is 0.154. The van der Waals surface area contributed by atoms with Crippen molar-refractivity contribution < 1.29 is 19.0 Å². The van der Waals surface area contributed by atoms with Crippen molar-refractivity contribution >= 4 is 16.7 Å². The number of amides is 1. The zero-order chi connectivity index (χ0) is 22.0. The standard InChI is InChI=1S/C26H24N2O4/c29-25(19-32-24-12-11-21-6-4-5-7-22(21)16-24)27-17-20-10-13-26(28-18-20)31-15-14-30-23-8-2-1-3-9-23/h1-13,16,18H,14-15,17,19H2,(H,27,29). The molecule has 0 bridgehead atoms. The van der Waals surface area contributed by atoms with E-state index >= 15 is 0 Å². The molecule has 4 aromatic rings. The van der Waals surface area contributed by atoms with Crippen LogP contribution in [0.3, 0.4) is 0 Å². The summed E-state index contributed by atoms with van der Waals surface area (Å²) < 4.78 is 16.8. The molecule has 1 N–H and O–H groups in total. The molecule has 0 saturated heterocycles. The summed E-state index contributed by atoms with van der Waals surface area (Å²) in [6.45, 7) is 1.14. The summed E-state index contributed by atoms with van der Waals surface area (Å²) in [6.07, 6.45) is 1.68. The van der Waals surface area contributed by atoms with Gasteiger partial charge < -0.3 is 19.5 Å². The predicted octanol–water partition coefficient (Wildman–Crippen LogP) is 4.39. The molecule has 6 nitrogen and oxygen atoms in total. The Morgan fingerprint density at radius 2 is 1.53 bits per heavy atom. The van der Waals surface area contributed by atoms with Gasteiger partial charge >= 0.3 is 0 Å². The normalized spacial score (nSPS) is 10.5. The minimum absolute atomic E-state index is 0.0472. The highest BCUT2D eigenvalue weighted by atomic mass is 16.5. The van der Waals surface area contributed by atoms with E-state index < -0.39 is 0 Å². The van der Waals surface area contributed by atoms with Crippen molar-refractivity contribution in [3.63, 3.8) is 0 Å². The zero-order valence-electron chi connectivity index (χ0n) is 17.6. The van der Waals surface area contributed by atoms with Gasteiger partial charge in [-0.2, -0.15) is 0 Å². The Bertz CT molecular complexity index is 1150. The van der Waals surface area contributed by atoms with Gasteiger partial charge in [-0.3, -0.25) is 4.79 Å². The first-order chi connectivity index (χ1) is 15.8. The minimum atomic E-state index is -0.198. The molecule has 3 aromatic carbocycles. The molecule has 6 heteroatoms. The van der Waals surface area contributed by atoms with Gasteiger partial charge in [0.05, 0.1) is 0 Å². The van der Waals surface area contributed by atoms with Crippen LogP contribution in [0, 0.1) is 0 Å². The van der Waals surface area contributed by atoms with E-state index in [1.165, 1.54) is 0 Å². The lowest BCUT2D eigenvalue weighted by molar-refractivity contribution is -0.123. The van der Waals surface area contributed by atoms with Gasteiger partial charge in [0, 0.05) is 18.8 Å². The van der Waals surface area contributed by atoms with E-state index in [0.717, 1.165) is 22.1 Å². The van der Waals surface area contributed by atoms with Crippen LogP contribution in [0.4, 0.5) is 0 Å². The van der Waals surface area contributed by atoms with E-state index in [0.29, 0.717) is 31.4 Å². The Hall–Kier alpha value is -4.06. The van der Waals surface area contributed by atoms with Gasteiger partial charge in [0.1, 0.15) is 24.7 Å². The van der Waals surface area contributed by atoms with E-state index in [1.54, 1.807) is 12.3 Å². The van der Waals surface area contributed by atoms with E-state index in [9.17, 15) is 4.79 Å². The average Bonchev–Trinajstić information content (AvgIpc) is 2.85. The maximum atomic E-state index is 12.1. The first kappa shape index (κ1) is 21.2. The van der Waals surface area contributed by atoms with E-state index in [-0.39, 0.29) is 12.5 Å². The number of benzene rings is 3. The SMILES string of the molecule is O=C(COc1ccc2ccccc2c1)NCc1ccc(OCCOc2ccccc2)nc1. The molecule has 0 aliphatic carbocycles. The number of rotatable bonds is 10. The first-order valence-corrected chi connectivity index (χ1v) is 10.4. The summed E-state index contributed by atoms with van der Waals surface area (Å²) in [6, 6.07) is 27.0. The lowest BCUT2D eigenvalue weighted by atomic mass is 10.1. The second-order valence-corrected chi connectivity index (χ2v) is 7.09. The first-order valence-electron chi connectivity index (χ1n) is 10.4. The summed E-state index contributed by atoms with van der Waals surface area (Å²) in [5.74, 6) is 1.78. The smallest absolute Gasteiger partial charge is 0.258 e. The number of fused-ring (bicyclic) bond motifs is 1. The van der Waals surface area contributed by atoms with Gasteiger partial charge in [0.2, 0.25) is 5.88 Å². The van der Waals surface area contributed by atoms with Crippen molar-refractivity contribution in [3.8, 4) is 17.4 Å². The lowest BCUT2D eigenvalue weighted by Gasteiger charge is -2.09. The van der Waals surface area contributed by atoms with Crippen LogP contribution in [-0.2, 0) is 11.3 Å². The number of carbonyl (C=O) groups is 1. The molecule has 0 radical (unpaired) electrons. The number of hydrogen-bond acceptors (Lipinski definition) is 5. The molecular formula is C26H24N2O4. The molecule has 0 unspecified atom stereocenters. The second-order valence-electron chi connectivity index (χ2n) is 7.09. The highest BCUT2D eigenvalue weighted by Gasteiger charge is 2.05.